The number of rotatable bonds is 5. The third-order valence-electron chi connectivity index (χ3n) is 7.26. The molecule has 8 heteroatoms. The molecular weight excluding hydrogens is 564 g/mol. The fraction of sp³-hybridized carbons (Fsp3) is 0.206. The number of halogens is 1. The summed E-state index contributed by atoms with van der Waals surface area (Å²) in [4.78, 5) is 12.1. The molecule has 0 radical (unpaired) electrons. The topological polar surface area (TPSA) is 57.5 Å². The molecule has 2 aliphatic heterocycles. The van der Waals surface area contributed by atoms with E-state index in [1.54, 1.807) is 6.92 Å². The predicted molar refractivity (Wildman–Crippen MR) is 173 cm³/mol. The van der Waals surface area contributed by atoms with E-state index in [1.165, 1.54) is 17.3 Å². The molecule has 0 fully saturated rings. The first-order valence-corrected chi connectivity index (χ1v) is 15.1. The van der Waals surface area contributed by atoms with Gasteiger partial charge in [-0.1, -0.05) is 105 Å². The Balaban J connectivity index is 1.61. The molecule has 0 saturated heterocycles. The second kappa shape index (κ2) is 11.0. The summed E-state index contributed by atoms with van der Waals surface area (Å²) in [7, 11) is 0. The highest BCUT2D eigenvalue weighted by molar-refractivity contribution is 8.16. The van der Waals surface area contributed by atoms with E-state index in [-0.39, 0.29) is 17.1 Å². The van der Waals surface area contributed by atoms with Crippen molar-refractivity contribution in [1.29, 1.82) is 0 Å². The van der Waals surface area contributed by atoms with Crippen molar-refractivity contribution in [1.82, 2.24) is 0 Å². The monoisotopic (exact) mass is 594 g/mol. The van der Waals surface area contributed by atoms with Crippen molar-refractivity contribution in [3.8, 4) is 0 Å². The summed E-state index contributed by atoms with van der Waals surface area (Å²) >= 11 is 7.80. The fourth-order valence-electron chi connectivity index (χ4n) is 5.23. The van der Waals surface area contributed by atoms with Crippen LogP contribution in [0.4, 0.5) is 11.4 Å². The van der Waals surface area contributed by atoms with Gasteiger partial charge in [0.05, 0.1) is 23.7 Å². The van der Waals surface area contributed by atoms with Crippen LogP contribution in [-0.2, 0) is 19.9 Å². The minimum atomic E-state index is -1.08. The Morgan fingerprint density at radius 1 is 0.857 bits per heavy atom. The first-order valence-electron chi connectivity index (χ1n) is 13.9. The third-order valence-corrected chi connectivity index (χ3v) is 8.79. The van der Waals surface area contributed by atoms with E-state index in [4.69, 9.17) is 26.5 Å². The number of ether oxygens (including phenoxy) is 1. The summed E-state index contributed by atoms with van der Waals surface area (Å²) in [5, 5.41) is 14.8. The minimum absolute atomic E-state index is 0.0315. The number of carbonyl (C=O) groups excluding carboxylic acids is 1. The third kappa shape index (κ3) is 4.86. The Hall–Kier alpha value is -4.07. The van der Waals surface area contributed by atoms with Crippen LogP contribution in [0.2, 0.25) is 5.02 Å². The van der Waals surface area contributed by atoms with Crippen molar-refractivity contribution in [3.63, 3.8) is 0 Å². The van der Waals surface area contributed by atoms with E-state index in [2.05, 4.69) is 57.2 Å². The van der Waals surface area contributed by atoms with Gasteiger partial charge < -0.3 is 4.74 Å². The number of hydrogen-bond acceptors (Lipinski definition) is 7. The van der Waals surface area contributed by atoms with E-state index in [9.17, 15) is 4.79 Å². The number of anilines is 2. The summed E-state index contributed by atoms with van der Waals surface area (Å²) in [5.74, 6) is -0.482. The van der Waals surface area contributed by atoms with Crippen molar-refractivity contribution in [2.75, 3.05) is 16.6 Å². The summed E-state index contributed by atoms with van der Waals surface area (Å²) < 4.78 is 5.43. The zero-order valence-corrected chi connectivity index (χ0v) is 25.5. The van der Waals surface area contributed by atoms with Gasteiger partial charge >= 0.3 is 5.97 Å². The maximum absolute atomic E-state index is 13.2. The Labute approximate surface area is 255 Å². The van der Waals surface area contributed by atoms with Gasteiger partial charge in [0.2, 0.25) is 10.0 Å². The molecule has 6 nitrogen and oxygen atoms in total. The van der Waals surface area contributed by atoms with Crippen molar-refractivity contribution < 1.29 is 9.53 Å². The number of thioether (sulfide) groups is 1. The quantitative estimate of drug-likeness (QED) is 0.218. The van der Waals surface area contributed by atoms with E-state index < -0.39 is 11.0 Å². The molecule has 0 amide bonds. The van der Waals surface area contributed by atoms with Crippen LogP contribution in [-0.4, -0.2) is 23.3 Å². The second-order valence-corrected chi connectivity index (χ2v) is 12.7. The van der Waals surface area contributed by atoms with E-state index in [0.717, 1.165) is 33.8 Å². The van der Waals surface area contributed by atoms with E-state index >= 15 is 0 Å². The summed E-state index contributed by atoms with van der Waals surface area (Å²) in [6.07, 6.45) is 0. The molecule has 1 atom stereocenters. The summed E-state index contributed by atoms with van der Waals surface area (Å²) in [6.45, 7) is 8.66. The average Bonchev–Trinajstić information content (AvgIpc) is 3.39. The first kappa shape index (κ1) is 28.1. The molecule has 1 spiro atoms. The number of hydrogen-bond donors (Lipinski definition) is 0. The smallest absolute Gasteiger partial charge is 0.365 e. The Kier molecular flexibility index (Phi) is 7.33. The molecule has 0 bridgehead atoms. The van der Waals surface area contributed by atoms with Gasteiger partial charge in [-0.05, 0) is 60.0 Å². The van der Waals surface area contributed by atoms with Crippen LogP contribution in [0.1, 0.15) is 49.9 Å². The minimum Gasteiger partial charge on any atom is -0.461 e. The largest absolute Gasteiger partial charge is 0.461 e. The lowest BCUT2D eigenvalue weighted by molar-refractivity contribution is -0.134. The van der Waals surface area contributed by atoms with E-state index in [0.29, 0.717) is 5.02 Å². The zero-order chi connectivity index (χ0) is 29.5. The molecule has 2 aliphatic rings. The van der Waals surface area contributed by atoms with Crippen LogP contribution < -0.4 is 10.0 Å². The number of fused-ring (bicyclic) bond motifs is 2. The van der Waals surface area contributed by atoms with Crippen LogP contribution in [0.5, 0.6) is 0 Å². The highest BCUT2D eigenvalue weighted by atomic mass is 35.5. The molecule has 0 aliphatic carbocycles. The molecule has 0 saturated carbocycles. The number of hydrazone groups is 2. The van der Waals surface area contributed by atoms with Crippen LogP contribution in [0.3, 0.4) is 0 Å². The Morgan fingerprint density at radius 3 is 2.21 bits per heavy atom. The number of esters is 1. The summed E-state index contributed by atoms with van der Waals surface area (Å²) in [5.41, 5.74) is 6.56. The number of nitrogens with zero attached hydrogens (tertiary/aromatic N) is 4. The fourth-order valence-corrected chi connectivity index (χ4v) is 6.70. The average molecular weight is 595 g/mol. The van der Waals surface area contributed by atoms with Gasteiger partial charge in [-0.3, -0.25) is 0 Å². The molecule has 0 aromatic heterocycles. The Morgan fingerprint density at radius 2 is 1.52 bits per heavy atom. The number of para-hydroxylation sites is 1. The predicted octanol–water partition coefficient (Wildman–Crippen LogP) is 8.15. The lowest BCUT2D eigenvalue weighted by Gasteiger charge is -2.47. The highest BCUT2D eigenvalue weighted by Gasteiger charge is 2.56. The molecule has 6 rings (SSSR count). The maximum Gasteiger partial charge on any atom is 0.365 e. The van der Waals surface area contributed by atoms with E-state index in [1.807, 2.05) is 76.7 Å². The van der Waals surface area contributed by atoms with Gasteiger partial charge in [-0.15, -0.1) is 0 Å². The molecule has 4 aromatic carbocycles. The van der Waals surface area contributed by atoms with Crippen molar-refractivity contribution in [2.45, 2.75) is 38.1 Å². The zero-order valence-electron chi connectivity index (χ0n) is 23.9. The van der Waals surface area contributed by atoms with Crippen LogP contribution in [0, 0.1) is 0 Å². The van der Waals surface area contributed by atoms with Gasteiger partial charge in [-0.2, -0.15) is 10.2 Å². The highest BCUT2D eigenvalue weighted by Crippen LogP contribution is 2.55. The second-order valence-electron chi connectivity index (χ2n) is 11.1. The molecule has 42 heavy (non-hydrogen) atoms. The molecule has 212 valence electrons. The normalized spacial score (nSPS) is 18.0. The molecule has 2 heterocycles. The molecule has 1 unspecified atom stereocenters. The van der Waals surface area contributed by atoms with Crippen LogP contribution >= 0.6 is 23.4 Å². The Bertz CT molecular complexity index is 1700. The van der Waals surface area contributed by atoms with Crippen LogP contribution in [0.25, 0.3) is 0 Å². The van der Waals surface area contributed by atoms with Gasteiger partial charge in [0.25, 0.3) is 0 Å². The van der Waals surface area contributed by atoms with Gasteiger partial charge in [0.1, 0.15) is 0 Å². The molecule has 4 aromatic rings. The van der Waals surface area contributed by atoms with Crippen LogP contribution in [0.15, 0.2) is 113 Å². The van der Waals surface area contributed by atoms with Gasteiger partial charge in [-0.25, -0.2) is 14.8 Å². The molecular formula is C34H31ClN4O2S. The lowest BCUT2D eigenvalue weighted by Crippen LogP contribution is -2.54. The van der Waals surface area contributed by atoms with Gasteiger partial charge in [0.15, 0.2) is 0 Å². The van der Waals surface area contributed by atoms with Crippen molar-refractivity contribution >= 4 is 51.5 Å². The summed E-state index contributed by atoms with van der Waals surface area (Å²) in [6, 6.07) is 34.2. The number of benzene rings is 4. The molecule has 0 N–H and O–H groups in total. The SMILES string of the molecule is CCOC(=O)C1=NN(c2cccc(Cl)c2)C2(S1)c1ccccc1C(c1ccc(C(C)(C)C)cc1)=NN2c1ccccc1. The van der Waals surface area contributed by atoms with Crippen molar-refractivity contribution in [3.05, 3.63) is 130 Å². The lowest BCUT2D eigenvalue weighted by atomic mass is 9.85. The van der Waals surface area contributed by atoms with Gasteiger partial charge in [0, 0.05) is 21.7 Å². The maximum atomic E-state index is 13.2. The number of carbonyl (C=O) groups is 1. The standard InChI is InChI=1S/C34H31ClN4O2S/c1-5-41-32(40)31-37-39(27-15-11-12-25(35)22-27)34(42-31)29-17-10-9-16-28(29)30(36-38(34)26-13-7-6-8-14-26)23-18-20-24(21-19-23)33(2,3)4/h6-22H,5H2,1-4H3. The van der Waals surface area contributed by atoms with Crippen molar-refractivity contribution in [2.24, 2.45) is 10.2 Å². The first-order chi connectivity index (χ1) is 20.2.